The molecule has 9 heteroatoms. The van der Waals surface area contributed by atoms with E-state index in [1.807, 2.05) is 27.2 Å². The molecule has 71 heavy (non-hydrogen) atoms. The number of allylic oxidation sites excluding steroid dienone is 24. The largest absolute Gasteiger partial charge is 0.545 e. The Hall–Kier alpha value is -4.83. The lowest BCUT2D eigenvalue weighted by Gasteiger charge is -2.26. The number of quaternary nitrogens is 1. The summed E-state index contributed by atoms with van der Waals surface area (Å²) >= 11 is 0. The van der Waals surface area contributed by atoms with Crippen molar-refractivity contribution in [2.75, 3.05) is 47.5 Å². The van der Waals surface area contributed by atoms with Crippen LogP contribution in [0.4, 0.5) is 0 Å². The highest BCUT2D eigenvalue weighted by atomic mass is 16.7. The monoisotopic (exact) mass is 984 g/mol. The number of rotatable bonds is 47. The molecule has 0 saturated carbocycles. The number of aliphatic carboxylic acids is 1. The van der Waals surface area contributed by atoms with Crippen LogP contribution >= 0.6 is 0 Å². The van der Waals surface area contributed by atoms with Gasteiger partial charge in [-0.2, -0.15) is 0 Å². The van der Waals surface area contributed by atoms with Gasteiger partial charge in [0.05, 0.1) is 40.3 Å². The van der Waals surface area contributed by atoms with Gasteiger partial charge in [-0.05, 0) is 109 Å². The van der Waals surface area contributed by atoms with Crippen LogP contribution in [0.3, 0.4) is 0 Å². The highest BCUT2D eigenvalue weighted by molar-refractivity contribution is 5.70. The standard InChI is InChI=1S/C62H97NO8/c1-6-8-10-12-14-16-18-20-22-24-25-26-27-28-29-30-31-32-33-34-35-37-39-41-43-45-47-49-51-53-60(65)71-58(57-70-62(61(66)67)68-55-54-63(3,4)5)56-69-59(64)52-50-48-46-44-42-40-38-36-23-21-19-17-15-13-11-9-7-2/h8-11,14-17,20-23,25-26,28-29,31-32,34-35,39,41,45,47,58,62H,6-7,12-13,18-19,24,27,30,33,36-38,40,42-44,46,48-57H2,1-5H3/b10-8-,11-9-,16-14-,17-15-,22-20-,23-21-,26-25-,29-28-,32-31-,35-34-,41-39-,47-45-. The van der Waals surface area contributed by atoms with E-state index in [2.05, 4.69) is 154 Å². The molecule has 0 rings (SSSR count). The zero-order valence-corrected chi connectivity index (χ0v) is 45.0. The molecule has 0 heterocycles. The first-order valence-corrected chi connectivity index (χ1v) is 27.0. The second-order valence-electron chi connectivity index (χ2n) is 18.4. The van der Waals surface area contributed by atoms with Crippen molar-refractivity contribution in [1.82, 2.24) is 0 Å². The number of likely N-dealkylation sites (N-methyl/N-ethyl adjacent to an activating group) is 1. The molecule has 0 bridgehead atoms. The molecule has 0 amide bonds. The lowest BCUT2D eigenvalue weighted by atomic mass is 10.1. The lowest BCUT2D eigenvalue weighted by molar-refractivity contribution is -0.870. The van der Waals surface area contributed by atoms with Crippen molar-refractivity contribution in [3.63, 3.8) is 0 Å². The van der Waals surface area contributed by atoms with Crippen LogP contribution in [-0.2, 0) is 33.3 Å². The second-order valence-corrected chi connectivity index (χ2v) is 18.4. The Morgan fingerprint density at radius 1 is 0.423 bits per heavy atom. The molecule has 0 aromatic heterocycles. The van der Waals surface area contributed by atoms with Crippen LogP contribution in [0.2, 0.25) is 0 Å². The van der Waals surface area contributed by atoms with Crippen molar-refractivity contribution < 1.29 is 42.9 Å². The summed E-state index contributed by atoms with van der Waals surface area (Å²) in [4.78, 5) is 37.2. The van der Waals surface area contributed by atoms with Crippen molar-refractivity contribution in [3.05, 3.63) is 146 Å². The van der Waals surface area contributed by atoms with E-state index in [4.69, 9.17) is 18.9 Å². The van der Waals surface area contributed by atoms with Gasteiger partial charge in [-0.3, -0.25) is 9.59 Å². The highest BCUT2D eigenvalue weighted by Gasteiger charge is 2.21. The van der Waals surface area contributed by atoms with Crippen LogP contribution in [0.25, 0.3) is 0 Å². The van der Waals surface area contributed by atoms with Crippen LogP contribution in [-0.4, -0.2) is 82.3 Å². The fourth-order valence-electron chi connectivity index (χ4n) is 6.49. The van der Waals surface area contributed by atoms with Crippen molar-refractivity contribution in [2.24, 2.45) is 0 Å². The summed E-state index contributed by atoms with van der Waals surface area (Å²) in [5, 5.41) is 11.7. The Balaban J connectivity index is 4.46. The third kappa shape index (κ3) is 52.8. The van der Waals surface area contributed by atoms with Crippen LogP contribution in [0.5, 0.6) is 0 Å². The predicted octanol–water partition coefficient (Wildman–Crippen LogP) is 14.3. The van der Waals surface area contributed by atoms with Gasteiger partial charge in [0.15, 0.2) is 12.4 Å². The molecule has 0 aromatic carbocycles. The fraction of sp³-hybridized carbons (Fsp3) is 0.565. The topological polar surface area (TPSA) is 111 Å². The minimum Gasteiger partial charge on any atom is -0.545 e. The normalized spacial score (nSPS) is 14.0. The molecular formula is C62H97NO8. The van der Waals surface area contributed by atoms with E-state index >= 15 is 0 Å². The summed E-state index contributed by atoms with van der Waals surface area (Å²) < 4.78 is 22.5. The molecule has 0 aliphatic carbocycles. The Kier molecular flexibility index (Phi) is 48.0. The summed E-state index contributed by atoms with van der Waals surface area (Å²) in [6.45, 7) is 4.41. The van der Waals surface area contributed by atoms with E-state index in [-0.39, 0.29) is 32.7 Å². The van der Waals surface area contributed by atoms with Gasteiger partial charge in [-0.1, -0.05) is 192 Å². The number of carbonyl (C=O) groups excluding carboxylic acids is 3. The number of carbonyl (C=O) groups is 3. The Morgan fingerprint density at radius 3 is 1.17 bits per heavy atom. The van der Waals surface area contributed by atoms with E-state index < -0.39 is 30.3 Å². The number of carboxylic acids is 1. The molecule has 0 aromatic rings. The molecule has 9 nitrogen and oxygen atoms in total. The van der Waals surface area contributed by atoms with E-state index in [0.29, 0.717) is 30.3 Å². The highest BCUT2D eigenvalue weighted by Crippen LogP contribution is 2.12. The third-order valence-electron chi connectivity index (χ3n) is 10.6. The van der Waals surface area contributed by atoms with E-state index in [9.17, 15) is 19.5 Å². The number of hydrogen-bond acceptors (Lipinski definition) is 8. The van der Waals surface area contributed by atoms with E-state index in [0.717, 1.165) is 103 Å². The number of nitrogens with zero attached hydrogens (tertiary/aromatic N) is 1. The van der Waals surface area contributed by atoms with Crippen LogP contribution < -0.4 is 5.11 Å². The van der Waals surface area contributed by atoms with Gasteiger partial charge in [0.1, 0.15) is 13.2 Å². The lowest BCUT2D eigenvalue weighted by Crippen LogP contribution is -2.44. The van der Waals surface area contributed by atoms with Crippen molar-refractivity contribution in [3.8, 4) is 0 Å². The molecule has 0 aliphatic heterocycles. The van der Waals surface area contributed by atoms with Crippen molar-refractivity contribution in [2.45, 2.75) is 180 Å². The predicted molar refractivity (Wildman–Crippen MR) is 296 cm³/mol. The van der Waals surface area contributed by atoms with Gasteiger partial charge < -0.3 is 33.3 Å². The van der Waals surface area contributed by atoms with Crippen LogP contribution in [0.1, 0.15) is 168 Å². The first-order valence-electron chi connectivity index (χ1n) is 27.0. The Labute approximate surface area is 432 Å². The van der Waals surface area contributed by atoms with Gasteiger partial charge in [-0.25, -0.2) is 0 Å². The molecule has 2 unspecified atom stereocenters. The van der Waals surface area contributed by atoms with E-state index in [1.165, 1.54) is 19.3 Å². The quantitative estimate of drug-likeness (QED) is 0.0195. The molecule has 0 radical (unpaired) electrons. The molecule has 0 saturated heterocycles. The first-order chi connectivity index (χ1) is 34.6. The number of esters is 2. The Morgan fingerprint density at radius 2 is 0.775 bits per heavy atom. The molecule has 0 fully saturated rings. The maximum absolute atomic E-state index is 12.8. The molecule has 2 atom stereocenters. The average Bonchev–Trinajstić information content (AvgIpc) is 3.34. The SMILES string of the molecule is CC/C=C\C/C=C\C/C=C\C/C=C\C/C=C\C/C=C\C/C=C\C/C=C\C/C=C\CCCC(=O)OC(COC(=O)CCCCCCCCC/C=C\C/C=C\C/C=C\CC)COC(OCC[N+](C)(C)C)C(=O)[O-]. The van der Waals surface area contributed by atoms with Crippen LogP contribution in [0.15, 0.2) is 146 Å². The van der Waals surface area contributed by atoms with Gasteiger partial charge in [0.2, 0.25) is 0 Å². The summed E-state index contributed by atoms with van der Waals surface area (Å²) in [7, 11) is 5.88. The molecular weight excluding hydrogens is 887 g/mol. The number of hydrogen-bond donors (Lipinski definition) is 0. The number of ether oxygens (including phenoxy) is 4. The van der Waals surface area contributed by atoms with Gasteiger partial charge >= 0.3 is 11.9 Å². The summed E-state index contributed by atoms with van der Waals surface area (Å²) in [6, 6.07) is 0. The summed E-state index contributed by atoms with van der Waals surface area (Å²) in [5.41, 5.74) is 0. The van der Waals surface area contributed by atoms with Gasteiger partial charge in [-0.15, -0.1) is 0 Å². The minimum absolute atomic E-state index is 0.126. The van der Waals surface area contributed by atoms with E-state index in [1.54, 1.807) is 0 Å². The van der Waals surface area contributed by atoms with Gasteiger partial charge in [0, 0.05) is 12.8 Å². The first kappa shape index (κ1) is 66.2. The fourth-order valence-corrected chi connectivity index (χ4v) is 6.49. The average molecular weight is 984 g/mol. The molecule has 0 N–H and O–H groups in total. The van der Waals surface area contributed by atoms with Crippen LogP contribution in [0, 0.1) is 0 Å². The third-order valence-corrected chi connectivity index (χ3v) is 10.6. The summed E-state index contributed by atoms with van der Waals surface area (Å²) in [6.07, 6.45) is 71.8. The molecule has 398 valence electrons. The minimum atomic E-state index is -1.65. The smallest absolute Gasteiger partial charge is 0.306 e. The maximum atomic E-state index is 12.8. The number of carboxylic acid groups (broad SMARTS) is 1. The molecule has 0 aliphatic rings. The molecule has 0 spiro atoms. The Bertz CT molecular complexity index is 1670. The summed E-state index contributed by atoms with van der Waals surface area (Å²) in [5.74, 6) is -2.40. The van der Waals surface area contributed by atoms with Crippen molar-refractivity contribution in [1.29, 1.82) is 0 Å². The maximum Gasteiger partial charge on any atom is 0.306 e. The van der Waals surface area contributed by atoms with Crippen molar-refractivity contribution >= 4 is 17.9 Å². The second kappa shape index (κ2) is 51.5. The number of unbranched alkanes of at least 4 members (excludes halogenated alkanes) is 8. The van der Waals surface area contributed by atoms with Gasteiger partial charge in [0.25, 0.3) is 0 Å². The zero-order chi connectivity index (χ0) is 52.0. The zero-order valence-electron chi connectivity index (χ0n) is 45.0.